The van der Waals surface area contributed by atoms with Crippen LogP contribution in [0.4, 0.5) is 0 Å². The maximum Gasteiger partial charge on any atom is 0.256 e. The van der Waals surface area contributed by atoms with Crippen molar-refractivity contribution in [3.8, 4) is 5.75 Å². The molecule has 5 nitrogen and oxygen atoms in total. The molecular formula is C18H22ClN3O2S. The van der Waals surface area contributed by atoms with Gasteiger partial charge in [0.2, 0.25) is 0 Å². The Labute approximate surface area is 157 Å². The fraction of sp³-hybridized carbons (Fsp3) is 0.389. The first-order valence-electron chi connectivity index (χ1n) is 8.01. The van der Waals surface area contributed by atoms with E-state index in [2.05, 4.69) is 15.3 Å². The Morgan fingerprint density at radius 2 is 1.96 bits per heavy atom. The largest absolute Gasteiger partial charge is 0.492 e. The molecule has 0 aliphatic carbocycles. The molecule has 0 saturated heterocycles. The van der Waals surface area contributed by atoms with Gasteiger partial charge in [-0.3, -0.25) is 4.79 Å². The molecule has 1 aromatic carbocycles. The number of aromatic nitrogens is 2. The fourth-order valence-electron chi connectivity index (χ4n) is 2.19. The van der Waals surface area contributed by atoms with Crippen molar-refractivity contribution in [3.63, 3.8) is 0 Å². The van der Waals surface area contributed by atoms with Gasteiger partial charge < -0.3 is 10.1 Å². The van der Waals surface area contributed by atoms with Gasteiger partial charge in [0.1, 0.15) is 23.2 Å². The molecule has 0 spiro atoms. The molecule has 2 rings (SSSR count). The molecule has 0 saturated carbocycles. The van der Waals surface area contributed by atoms with E-state index < -0.39 is 0 Å². The number of hydrogen-bond acceptors (Lipinski definition) is 5. The van der Waals surface area contributed by atoms with E-state index in [1.807, 2.05) is 27.0 Å². The zero-order valence-corrected chi connectivity index (χ0v) is 16.4. The van der Waals surface area contributed by atoms with Crippen LogP contribution < -0.4 is 10.1 Å². The van der Waals surface area contributed by atoms with Gasteiger partial charge in [-0.1, -0.05) is 25.4 Å². The van der Waals surface area contributed by atoms with E-state index in [0.29, 0.717) is 40.2 Å². The van der Waals surface area contributed by atoms with E-state index in [-0.39, 0.29) is 11.8 Å². The summed E-state index contributed by atoms with van der Waals surface area (Å²) in [4.78, 5) is 21.5. The van der Waals surface area contributed by atoms with Gasteiger partial charge in [-0.25, -0.2) is 9.97 Å². The molecule has 1 N–H and O–H groups in total. The summed E-state index contributed by atoms with van der Waals surface area (Å²) in [5.41, 5.74) is 1.22. The number of amides is 1. The number of aryl methyl sites for hydroxylation is 1. The van der Waals surface area contributed by atoms with E-state index >= 15 is 0 Å². The second-order valence-corrected chi connectivity index (χ2v) is 7.00. The molecule has 134 valence electrons. The number of nitrogens with zero attached hydrogens (tertiary/aromatic N) is 2. The van der Waals surface area contributed by atoms with Crippen LogP contribution in [-0.2, 0) is 0 Å². The monoisotopic (exact) mass is 379 g/mol. The maximum atomic E-state index is 12.5. The lowest BCUT2D eigenvalue weighted by Gasteiger charge is -2.13. The number of ether oxygens (including phenoxy) is 1. The van der Waals surface area contributed by atoms with Crippen LogP contribution in [0.15, 0.2) is 29.3 Å². The Kier molecular flexibility index (Phi) is 7.08. The summed E-state index contributed by atoms with van der Waals surface area (Å²) in [6, 6.07) is 7.10. The fourth-order valence-corrected chi connectivity index (χ4v) is 2.94. The molecule has 0 bridgehead atoms. The quantitative estimate of drug-likeness (QED) is 0.446. The normalized spacial score (nSPS) is 10.8. The first-order chi connectivity index (χ1) is 11.9. The summed E-state index contributed by atoms with van der Waals surface area (Å²) in [6.07, 6.45) is 1.91. The minimum Gasteiger partial charge on any atom is -0.492 e. The number of halogens is 1. The summed E-state index contributed by atoms with van der Waals surface area (Å²) < 4.78 is 5.57. The van der Waals surface area contributed by atoms with Crippen LogP contribution in [0.2, 0.25) is 5.02 Å². The summed E-state index contributed by atoms with van der Waals surface area (Å²) in [5.74, 6) is 1.50. The van der Waals surface area contributed by atoms with Crippen molar-refractivity contribution in [3.05, 3.63) is 46.4 Å². The lowest BCUT2D eigenvalue weighted by molar-refractivity contribution is 0.0942. The third-order valence-electron chi connectivity index (χ3n) is 3.48. The van der Waals surface area contributed by atoms with Gasteiger partial charge in [-0.05, 0) is 37.4 Å². The number of thioether (sulfide) groups is 1. The highest BCUT2D eigenvalue weighted by atomic mass is 35.5. The predicted molar refractivity (Wildman–Crippen MR) is 102 cm³/mol. The molecule has 1 aromatic heterocycles. The molecule has 7 heteroatoms. The average molecular weight is 380 g/mol. The highest BCUT2D eigenvalue weighted by Crippen LogP contribution is 2.23. The summed E-state index contributed by atoms with van der Waals surface area (Å²) in [6.45, 7) is 6.67. The standard InChI is InChI=1S/C18H22ClN3O2S/c1-11(2)16-21-12(3)15(18(22-16)25-4)17(23)20-9-10-24-14-7-5-13(19)6-8-14/h5-8,11H,9-10H2,1-4H3,(H,20,23). The van der Waals surface area contributed by atoms with Crippen molar-refractivity contribution in [2.75, 3.05) is 19.4 Å². The maximum absolute atomic E-state index is 12.5. The number of hydrogen-bond donors (Lipinski definition) is 1. The van der Waals surface area contributed by atoms with Gasteiger partial charge >= 0.3 is 0 Å². The Morgan fingerprint density at radius 1 is 1.28 bits per heavy atom. The van der Waals surface area contributed by atoms with Gasteiger partial charge in [0.05, 0.1) is 17.8 Å². The third-order valence-corrected chi connectivity index (χ3v) is 4.41. The lowest BCUT2D eigenvalue weighted by Crippen LogP contribution is -2.30. The second kappa shape index (κ2) is 9.06. The number of nitrogens with one attached hydrogen (secondary N) is 1. The minimum atomic E-state index is -0.183. The van der Waals surface area contributed by atoms with Crippen LogP contribution >= 0.6 is 23.4 Å². The highest BCUT2D eigenvalue weighted by molar-refractivity contribution is 7.98. The molecule has 1 amide bonds. The van der Waals surface area contributed by atoms with E-state index in [9.17, 15) is 4.79 Å². The topological polar surface area (TPSA) is 64.1 Å². The lowest BCUT2D eigenvalue weighted by atomic mass is 10.1. The average Bonchev–Trinajstić information content (AvgIpc) is 2.59. The highest BCUT2D eigenvalue weighted by Gasteiger charge is 2.19. The molecule has 1 heterocycles. The second-order valence-electron chi connectivity index (χ2n) is 5.76. The van der Waals surface area contributed by atoms with Crippen LogP contribution in [-0.4, -0.2) is 35.3 Å². The van der Waals surface area contributed by atoms with Crippen molar-refractivity contribution in [1.82, 2.24) is 15.3 Å². The zero-order valence-electron chi connectivity index (χ0n) is 14.8. The minimum absolute atomic E-state index is 0.183. The molecule has 25 heavy (non-hydrogen) atoms. The van der Waals surface area contributed by atoms with E-state index in [1.165, 1.54) is 11.8 Å². The number of carbonyl (C=O) groups is 1. The smallest absolute Gasteiger partial charge is 0.256 e. The first kappa shape index (κ1) is 19.5. The number of rotatable bonds is 7. The first-order valence-corrected chi connectivity index (χ1v) is 9.61. The third kappa shape index (κ3) is 5.34. The van der Waals surface area contributed by atoms with Crippen LogP contribution in [0, 0.1) is 6.92 Å². The van der Waals surface area contributed by atoms with Crippen LogP contribution in [0.1, 0.15) is 41.6 Å². The van der Waals surface area contributed by atoms with Crippen LogP contribution in [0.3, 0.4) is 0 Å². The van der Waals surface area contributed by atoms with Crippen LogP contribution in [0.25, 0.3) is 0 Å². The van der Waals surface area contributed by atoms with Crippen molar-refractivity contribution >= 4 is 29.3 Å². The molecule has 0 radical (unpaired) electrons. The number of carbonyl (C=O) groups excluding carboxylic acids is 1. The van der Waals surface area contributed by atoms with Gasteiger partial charge in [0.25, 0.3) is 5.91 Å². The van der Waals surface area contributed by atoms with E-state index in [1.54, 1.807) is 24.3 Å². The van der Waals surface area contributed by atoms with Gasteiger partial charge in [-0.2, -0.15) is 0 Å². The summed E-state index contributed by atoms with van der Waals surface area (Å²) in [5, 5.41) is 4.22. The molecule has 0 fully saturated rings. The van der Waals surface area contributed by atoms with Crippen molar-refractivity contribution in [1.29, 1.82) is 0 Å². The Bertz CT molecular complexity index is 736. The van der Waals surface area contributed by atoms with Gasteiger partial charge in [-0.15, -0.1) is 11.8 Å². The Hall–Kier alpha value is -1.79. The van der Waals surface area contributed by atoms with Crippen LogP contribution in [0.5, 0.6) is 5.75 Å². The van der Waals surface area contributed by atoms with Crippen molar-refractivity contribution in [2.45, 2.75) is 31.7 Å². The Balaban J connectivity index is 1.97. The SMILES string of the molecule is CSc1nc(C(C)C)nc(C)c1C(=O)NCCOc1ccc(Cl)cc1. The molecule has 0 aliphatic heterocycles. The molecule has 0 aliphatic rings. The van der Waals surface area contributed by atoms with E-state index in [0.717, 1.165) is 5.82 Å². The Morgan fingerprint density at radius 3 is 2.56 bits per heavy atom. The van der Waals surface area contributed by atoms with Crippen molar-refractivity contribution in [2.24, 2.45) is 0 Å². The van der Waals surface area contributed by atoms with E-state index in [4.69, 9.17) is 16.3 Å². The number of benzene rings is 1. The molecule has 0 atom stereocenters. The molecule has 2 aromatic rings. The summed E-state index contributed by atoms with van der Waals surface area (Å²) in [7, 11) is 0. The van der Waals surface area contributed by atoms with Gasteiger partial charge in [0, 0.05) is 10.9 Å². The molecule has 0 unspecified atom stereocenters. The summed E-state index contributed by atoms with van der Waals surface area (Å²) >= 11 is 7.28. The van der Waals surface area contributed by atoms with Gasteiger partial charge in [0.15, 0.2) is 0 Å². The predicted octanol–water partition coefficient (Wildman–Crippen LogP) is 4.09. The van der Waals surface area contributed by atoms with Crippen molar-refractivity contribution < 1.29 is 9.53 Å². The zero-order chi connectivity index (χ0) is 18.4. The molecular weight excluding hydrogens is 358 g/mol.